The molecule has 0 fully saturated rings. The van der Waals surface area contributed by atoms with Crippen LogP contribution in [0.3, 0.4) is 0 Å². The minimum Gasteiger partial charge on any atom is -0.464 e. The topological polar surface area (TPSA) is 28.4 Å². The van der Waals surface area contributed by atoms with Crippen molar-refractivity contribution < 1.29 is 4.42 Å². The molecule has 1 heterocycles. The zero-order chi connectivity index (χ0) is 14.7. The number of hydrogen-bond acceptors (Lipinski definition) is 2. The first-order chi connectivity index (χ1) is 9.45. The Morgan fingerprint density at radius 3 is 2.65 bits per heavy atom. The molecule has 2 aromatic rings. The quantitative estimate of drug-likeness (QED) is 0.852. The van der Waals surface area contributed by atoms with Gasteiger partial charge in [-0.2, -0.15) is 0 Å². The smallest absolute Gasteiger partial charge is 0.173 e. The molecule has 0 atom stereocenters. The molecular formula is C15H17ClN2OS. The van der Waals surface area contributed by atoms with E-state index in [2.05, 4.69) is 5.32 Å². The molecule has 0 amide bonds. The largest absolute Gasteiger partial charge is 0.464 e. The van der Waals surface area contributed by atoms with Crippen LogP contribution in [0, 0.1) is 13.8 Å². The molecule has 1 N–H and O–H groups in total. The standard InChI is InChI=1S/C15H17ClN2OS/c1-10-4-6-12(8-14(10)16)17-15(20)18(3)9-13-7-5-11(2)19-13/h4-8H,9H2,1-3H3,(H,17,20). The summed E-state index contributed by atoms with van der Waals surface area (Å²) >= 11 is 11.5. The Hall–Kier alpha value is -1.52. The van der Waals surface area contributed by atoms with Gasteiger partial charge in [-0.1, -0.05) is 17.7 Å². The normalized spacial score (nSPS) is 10.4. The van der Waals surface area contributed by atoms with Gasteiger partial charge in [-0.15, -0.1) is 0 Å². The summed E-state index contributed by atoms with van der Waals surface area (Å²) in [5.41, 5.74) is 1.93. The van der Waals surface area contributed by atoms with Crippen LogP contribution in [0.1, 0.15) is 17.1 Å². The van der Waals surface area contributed by atoms with Crippen molar-refractivity contribution in [2.45, 2.75) is 20.4 Å². The third-order valence-electron chi connectivity index (χ3n) is 2.96. The minimum absolute atomic E-state index is 0.624. The zero-order valence-corrected chi connectivity index (χ0v) is 13.3. The first-order valence-corrected chi connectivity index (χ1v) is 7.08. The van der Waals surface area contributed by atoms with E-state index in [1.807, 2.05) is 56.1 Å². The third-order valence-corrected chi connectivity index (χ3v) is 3.78. The minimum atomic E-state index is 0.624. The molecule has 106 valence electrons. The van der Waals surface area contributed by atoms with Gasteiger partial charge in [-0.05, 0) is 55.9 Å². The van der Waals surface area contributed by atoms with E-state index in [0.29, 0.717) is 11.7 Å². The van der Waals surface area contributed by atoms with Crippen molar-refractivity contribution in [1.29, 1.82) is 0 Å². The van der Waals surface area contributed by atoms with E-state index in [1.165, 1.54) is 0 Å². The molecule has 5 heteroatoms. The fourth-order valence-corrected chi connectivity index (χ4v) is 2.13. The van der Waals surface area contributed by atoms with Gasteiger partial charge in [-0.3, -0.25) is 0 Å². The number of furan rings is 1. The summed E-state index contributed by atoms with van der Waals surface area (Å²) in [5.74, 6) is 1.79. The number of nitrogens with one attached hydrogen (secondary N) is 1. The van der Waals surface area contributed by atoms with Crippen LogP contribution in [0.25, 0.3) is 0 Å². The highest BCUT2D eigenvalue weighted by molar-refractivity contribution is 7.80. The fourth-order valence-electron chi connectivity index (χ4n) is 1.77. The Morgan fingerprint density at radius 1 is 1.30 bits per heavy atom. The molecule has 3 nitrogen and oxygen atoms in total. The van der Waals surface area contributed by atoms with Crippen LogP contribution < -0.4 is 5.32 Å². The monoisotopic (exact) mass is 308 g/mol. The van der Waals surface area contributed by atoms with E-state index in [9.17, 15) is 0 Å². The summed E-state index contributed by atoms with van der Waals surface area (Å²) in [5, 5.41) is 4.52. The highest BCUT2D eigenvalue weighted by Gasteiger charge is 2.08. The van der Waals surface area contributed by atoms with Gasteiger partial charge in [0.25, 0.3) is 0 Å². The van der Waals surface area contributed by atoms with Crippen LogP contribution in [0.5, 0.6) is 0 Å². The second-order valence-corrected chi connectivity index (χ2v) is 5.56. The molecular weight excluding hydrogens is 292 g/mol. The highest BCUT2D eigenvalue weighted by Crippen LogP contribution is 2.20. The molecule has 20 heavy (non-hydrogen) atoms. The molecule has 0 radical (unpaired) electrons. The molecule has 1 aromatic carbocycles. The lowest BCUT2D eigenvalue weighted by Gasteiger charge is -2.20. The van der Waals surface area contributed by atoms with E-state index in [-0.39, 0.29) is 0 Å². The number of aryl methyl sites for hydroxylation is 2. The molecule has 0 unspecified atom stereocenters. The van der Waals surface area contributed by atoms with Crippen molar-refractivity contribution in [2.75, 3.05) is 12.4 Å². The Kier molecular flexibility index (Phi) is 4.68. The maximum atomic E-state index is 6.10. The number of anilines is 1. The van der Waals surface area contributed by atoms with Gasteiger partial charge < -0.3 is 14.6 Å². The van der Waals surface area contributed by atoms with E-state index in [0.717, 1.165) is 27.8 Å². The van der Waals surface area contributed by atoms with Crippen LogP contribution in [0.15, 0.2) is 34.7 Å². The second kappa shape index (κ2) is 6.29. The summed E-state index contributed by atoms with van der Waals surface area (Å²) in [6.07, 6.45) is 0. The molecule has 2 rings (SSSR count). The molecule has 0 aliphatic rings. The molecule has 0 saturated heterocycles. The number of rotatable bonds is 3. The predicted molar refractivity (Wildman–Crippen MR) is 87.3 cm³/mol. The second-order valence-electron chi connectivity index (χ2n) is 4.76. The lowest BCUT2D eigenvalue weighted by molar-refractivity contribution is 0.403. The van der Waals surface area contributed by atoms with Crippen LogP contribution in [-0.2, 0) is 6.54 Å². The highest BCUT2D eigenvalue weighted by atomic mass is 35.5. The van der Waals surface area contributed by atoms with Gasteiger partial charge in [0.2, 0.25) is 0 Å². The van der Waals surface area contributed by atoms with Crippen LogP contribution in [0.4, 0.5) is 5.69 Å². The van der Waals surface area contributed by atoms with Crippen molar-refractivity contribution in [2.24, 2.45) is 0 Å². The van der Waals surface area contributed by atoms with Crippen molar-refractivity contribution in [1.82, 2.24) is 4.90 Å². The van der Waals surface area contributed by atoms with Crippen LogP contribution in [-0.4, -0.2) is 17.1 Å². The number of thiocarbonyl (C=S) groups is 1. The molecule has 0 bridgehead atoms. The maximum absolute atomic E-state index is 6.10. The SMILES string of the molecule is Cc1ccc(CN(C)C(=S)Nc2ccc(C)c(Cl)c2)o1. The van der Waals surface area contributed by atoms with Crippen molar-refractivity contribution >= 4 is 34.6 Å². The summed E-state index contributed by atoms with van der Waals surface area (Å²) in [6, 6.07) is 9.69. The van der Waals surface area contributed by atoms with Gasteiger partial charge in [0.05, 0.1) is 6.54 Å². The van der Waals surface area contributed by atoms with Crippen LogP contribution >= 0.6 is 23.8 Å². The predicted octanol–water partition coefficient (Wildman–Crippen LogP) is 4.38. The zero-order valence-electron chi connectivity index (χ0n) is 11.7. The summed E-state index contributed by atoms with van der Waals surface area (Å²) in [4.78, 5) is 1.92. The van der Waals surface area contributed by atoms with Crippen molar-refractivity contribution in [3.63, 3.8) is 0 Å². The first-order valence-electron chi connectivity index (χ1n) is 6.29. The average molecular weight is 309 g/mol. The molecule has 0 saturated carbocycles. The van der Waals surface area contributed by atoms with E-state index in [1.54, 1.807) is 0 Å². The molecule has 1 aromatic heterocycles. The van der Waals surface area contributed by atoms with Crippen molar-refractivity contribution in [3.05, 3.63) is 52.4 Å². The first kappa shape index (κ1) is 14.9. The van der Waals surface area contributed by atoms with Crippen LogP contribution in [0.2, 0.25) is 5.02 Å². The lowest BCUT2D eigenvalue weighted by atomic mass is 10.2. The van der Waals surface area contributed by atoms with E-state index in [4.69, 9.17) is 28.2 Å². The molecule has 0 aliphatic carbocycles. The molecule has 0 spiro atoms. The van der Waals surface area contributed by atoms with Gasteiger partial charge >= 0.3 is 0 Å². The van der Waals surface area contributed by atoms with Gasteiger partial charge in [0, 0.05) is 17.8 Å². The van der Waals surface area contributed by atoms with E-state index >= 15 is 0 Å². The lowest BCUT2D eigenvalue weighted by Crippen LogP contribution is -2.30. The summed E-state index contributed by atoms with van der Waals surface area (Å²) < 4.78 is 5.54. The van der Waals surface area contributed by atoms with E-state index < -0.39 is 0 Å². The Morgan fingerprint density at radius 2 is 2.05 bits per heavy atom. The number of hydrogen-bond donors (Lipinski definition) is 1. The van der Waals surface area contributed by atoms with Gasteiger partial charge in [0.15, 0.2) is 5.11 Å². The Bertz CT molecular complexity index is 624. The van der Waals surface area contributed by atoms with Gasteiger partial charge in [-0.25, -0.2) is 0 Å². The summed E-state index contributed by atoms with van der Waals surface area (Å²) in [6.45, 7) is 4.52. The molecule has 0 aliphatic heterocycles. The maximum Gasteiger partial charge on any atom is 0.173 e. The Labute approximate surface area is 129 Å². The number of benzene rings is 1. The Balaban J connectivity index is 1.98. The van der Waals surface area contributed by atoms with Crippen molar-refractivity contribution in [3.8, 4) is 0 Å². The fraction of sp³-hybridized carbons (Fsp3) is 0.267. The number of halogens is 1. The number of nitrogens with zero attached hydrogens (tertiary/aromatic N) is 1. The van der Waals surface area contributed by atoms with Gasteiger partial charge in [0.1, 0.15) is 11.5 Å². The average Bonchev–Trinajstić information content (AvgIpc) is 2.79. The summed E-state index contributed by atoms with van der Waals surface area (Å²) in [7, 11) is 1.92. The third kappa shape index (κ3) is 3.74.